The van der Waals surface area contributed by atoms with Crippen LogP contribution in [0.25, 0.3) is 0 Å². The van der Waals surface area contributed by atoms with Crippen molar-refractivity contribution in [1.29, 1.82) is 0 Å². The molecule has 19 heavy (non-hydrogen) atoms. The molecule has 1 heterocycles. The van der Waals surface area contributed by atoms with Gasteiger partial charge in [0.15, 0.2) is 0 Å². The van der Waals surface area contributed by atoms with Gasteiger partial charge in [0, 0.05) is 24.9 Å². The third-order valence-corrected chi connectivity index (χ3v) is 4.37. The van der Waals surface area contributed by atoms with Crippen LogP contribution < -0.4 is 10.5 Å². The van der Waals surface area contributed by atoms with Crippen LogP contribution in [0.5, 0.6) is 0 Å². The lowest BCUT2D eigenvalue weighted by molar-refractivity contribution is 0.144. The summed E-state index contributed by atoms with van der Waals surface area (Å²) in [6.45, 7) is 3.28. The molecule has 0 spiro atoms. The molecule has 1 aromatic rings. The van der Waals surface area contributed by atoms with Gasteiger partial charge in [-0.25, -0.2) is 13.6 Å². The maximum Gasteiger partial charge on any atom is 0.238 e. The van der Waals surface area contributed by atoms with Crippen LogP contribution in [0.15, 0.2) is 23.1 Å². The lowest BCUT2D eigenvalue weighted by Gasteiger charge is -2.18. The van der Waals surface area contributed by atoms with Crippen LogP contribution in [-0.4, -0.2) is 27.7 Å². The first kappa shape index (κ1) is 14.3. The second-order valence-corrected chi connectivity index (χ2v) is 6.44. The van der Waals surface area contributed by atoms with Crippen molar-refractivity contribution < 1.29 is 13.2 Å². The number of nitrogens with one attached hydrogen (secondary N) is 1. The maximum atomic E-state index is 11.5. The molecule has 0 radical (unpaired) electrons. The Morgan fingerprint density at radius 2 is 2.11 bits per heavy atom. The first-order valence-electron chi connectivity index (χ1n) is 6.44. The summed E-state index contributed by atoms with van der Waals surface area (Å²) in [5.41, 5.74) is 1.46. The van der Waals surface area contributed by atoms with Crippen molar-refractivity contribution in [2.24, 2.45) is 5.14 Å². The second kappa shape index (κ2) is 5.90. The molecule has 1 fully saturated rings. The van der Waals surface area contributed by atoms with Crippen LogP contribution in [0.1, 0.15) is 24.8 Å². The third-order valence-electron chi connectivity index (χ3n) is 3.32. The molecule has 1 aliphatic rings. The van der Waals surface area contributed by atoms with Gasteiger partial charge in [-0.2, -0.15) is 0 Å². The largest absolute Gasteiger partial charge is 0.382 e. The van der Waals surface area contributed by atoms with Gasteiger partial charge in [-0.3, -0.25) is 0 Å². The molecule has 0 saturated carbocycles. The monoisotopic (exact) mass is 284 g/mol. The molecule has 1 unspecified atom stereocenters. The Balaban J connectivity index is 2.17. The molecule has 0 aromatic heterocycles. The first-order chi connectivity index (χ1) is 8.97. The molecule has 1 aromatic carbocycles. The van der Waals surface area contributed by atoms with E-state index < -0.39 is 10.0 Å². The highest BCUT2D eigenvalue weighted by atomic mass is 32.2. The van der Waals surface area contributed by atoms with Crippen molar-refractivity contribution in [2.45, 2.75) is 37.1 Å². The van der Waals surface area contributed by atoms with Gasteiger partial charge in [0.05, 0.1) is 4.90 Å². The second-order valence-electron chi connectivity index (χ2n) is 4.91. The Hall–Kier alpha value is -1.11. The average molecular weight is 284 g/mol. The van der Waals surface area contributed by atoms with E-state index in [4.69, 9.17) is 9.88 Å². The number of aryl methyl sites for hydroxylation is 1. The fourth-order valence-corrected chi connectivity index (χ4v) is 3.09. The normalized spacial score (nSPS) is 20.8. The topological polar surface area (TPSA) is 81.4 Å². The van der Waals surface area contributed by atoms with Crippen LogP contribution >= 0.6 is 0 Å². The molecule has 0 aliphatic carbocycles. The summed E-state index contributed by atoms with van der Waals surface area (Å²) in [7, 11) is -3.67. The molecular weight excluding hydrogens is 264 g/mol. The zero-order valence-corrected chi connectivity index (χ0v) is 11.9. The number of benzene rings is 1. The Bertz CT molecular complexity index is 535. The summed E-state index contributed by atoms with van der Waals surface area (Å²) in [4.78, 5) is 0.183. The summed E-state index contributed by atoms with van der Waals surface area (Å²) in [6.07, 6.45) is 2.97. The number of hydrogen-bond donors (Lipinski definition) is 2. The highest BCUT2D eigenvalue weighted by molar-refractivity contribution is 7.89. The number of anilines is 1. The molecule has 0 bridgehead atoms. The fraction of sp³-hybridized carbons (Fsp3) is 0.538. The molecule has 1 saturated heterocycles. The lowest BCUT2D eigenvalue weighted by atomic mass is 10.1. The summed E-state index contributed by atoms with van der Waals surface area (Å²) in [5, 5.41) is 8.57. The van der Waals surface area contributed by atoms with E-state index in [-0.39, 0.29) is 4.90 Å². The summed E-state index contributed by atoms with van der Waals surface area (Å²) in [6, 6.07) is 5.58. The van der Waals surface area contributed by atoms with Gasteiger partial charge in [0.25, 0.3) is 0 Å². The van der Waals surface area contributed by atoms with E-state index in [1.807, 2.05) is 6.07 Å². The predicted octanol–water partition coefficient (Wildman–Crippen LogP) is 1.62. The van der Waals surface area contributed by atoms with Gasteiger partial charge in [-0.1, -0.05) is 6.07 Å². The number of ether oxygens (including phenoxy) is 1. The van der Waals surface area contributed by atoms with E-state index in [1.54, 1.807) is 19.1 Å². The standard InChI is InChI=1S/C13H20N2O3S/c1-10-4-5-12(9-13(10)19(14,16)17)15-11-3-2-7-18-8-6-11/h4-5,9,11,15H,2-3,6-8H2,1H3,(H2,14,16,17). The highest BCUT2D eigenvalue weighted by Gasteiger charge is 2.15. The van der Waals surface area contributed by atoms with Gasteiger partial charge in [0.2, 0.25) is 10.0 Å². The van der Waals surface area contributed by atoms with E-state index >= 15 is 0 Å². The smallest absolute Gasteiger partial charge is 0.238 e. The molecule has 1 atom stereocenters. The SMILES string of the molecule is Cc1ccc(NC2CCCOCC2)cc1S(N)(=O)=O. The molecule has 1 aliphatic heterocycles. The molecule has 3 N–H and O–H groups in total. The first-order valence-corrected chi connectivity index (χ1v) is 7.99. The van der Waals surface area contributed by atoms with Crippen molar-refractivity contribution in [2.75, 3.05) is 18.5 Å². The lowest BCUT2D eigenvalue weighted by Crippen LogP contribution is -2.20. The fourth-order valence-electron chi connectivity index (χ4n) is 2.28. The Labute approximate surface area is 114 Å². The average Bonchev–Trinajstić information content (AvgIpc) is 2.59. The molecular formula is C13H20N2O3S. The van der Waals surface area contributed by atoms with Crippen molar-refractivity contribution >= 4 is 15.7 Å². The van der Waals surface area contributed by atoms with Gasteiger partial charge < -0.3 is 10.1 Å². The zero-order chi connectivity index (χ0) is 13.9. The van der Waals surface area contributed by atoms with E-state index in [2.05, 4.69) is 5.32 Å². The summed E-state index contributed by atoms with van der Waals surface area (Å²) < 4.78 is 28.4. The van der Waals surface area contributed by atoms with E-state index in [1.165, 1.54) is 0 Å². The van der Waals surface area contributed by atoms with Crippen molar-refractivity contribution in [3.05, 3.63) is 23.8 Å². The zero-order valence-electron chi connectivity index (χ0n) is 11.1. The number of primary sulfonamides is 1. The van der Waals surface area contributed by atoms with Gasteiger partial charge in [0.1, 0.15) is 0 Å². The predicted molar refractivity (Wildman–Crippen MR) is 74.6 cm³/mol. The van der Waals surface area contributed by atoms with E-state index in [9.17, 15) is 8.42 Å². The Kier molecular flexibility index (Phi) is 4.44. The Morgan fingerprint density at radius 1 is 1.32 bits per heavy atom. The van der Waals surface area contributed by atoms with Crippen LogP contribution in [0.3, 0.4) is 0 Å². The number of sulfonamides is 1. The highest BCUT2D eigenvalue weighted by Crippen LogP contribution is 2.21. The molecule has 5 nitrogen and oxygen atoms in total. The van der Waals surface area contributed by atoms with Crippen molar-refractivity contribution in [3.8, 4) is 0 Å². The molecule has 2 rings (SSSR count). The quantitative estimate of drug-likeness (QED) is 0.883. The van der Waals surface area contributed by atoms with Gasteiger partial charge >= 0.3 is 0 Å². The van der Waals surface area contributed by atoms with Crippen molar-refractivity contribution in [1.82, 2.24) is 0 Å². The third kappa shape index (κ3) is 3.92. The van der Waals surface area contributed by atoms with Crippen LogP contribution in [0.4, 0.5) is 5.69 Å². The van der Waals surface area contributed by atoms with Gasteiger partial charge in [-0.15, -0.1) is 0 Å². The molecule has 106 valence electrons. The van der Waals surface area contributed by atoms with Gasteiger partial charge in [-0.05, 0) is 43.9 Å². The number of nitrogens with two attached hydrogens (primary N) is 1. The van der Waals surface area contributed by atoms with Crippen molar-refractivity contribution in [3.63, 3.8) is 0 Å². The minimum atomic E-state index is -3.67. The van der Waals surface area contributed by atoms with E-state index in [0.29, 0.717) is 11.6 Å². The Morgan fingerprint density at radius 3 is 2.84 bits per heavy atom. The molecule has 0 amide bonds. The summed E-state index contributed by atoms with van der Waals surface area (Å²) >= 11 is 0. The minimum Gasteiger partial charge on any atom is -0.382 e. The maximum absolute atomic E-state index is 11.5. The number of hydrogen-bond acceptors (Lipinski definition) is 4. The van der Waals surface area contributed by atoms with Crippen LogP contribution in [0.2, 0.25) is 0 Å². The van der Waals surface area contributed by atoms with Crippen LogP contribution in [0, 0.1) is 6.92 Å². The summed E-state index contributed by atoms with van der Waals surface area (Å²) in [5.74, 6) is 0. The molecule has 6 heteroatoms. The number of rotatable bonds is 3. The minimum absolute atomic E-state index is 0.183. The van der Waals surface area contributed by atoms with Crippen LogP contribution in [-0.2, 0) is 14.8 Å². The van der Waals surface area contributed by atoms with E-state index in [0.717, 1.165) is 38.2 Å².